The van der Waals surface area contributed by atoms with Gasteiger partial charge >= 0.3 is 0 Å². The van der Waals surface area contributed by atoms with Crippen molar-refractivity contribution < 1.29 is 9.13 Å². The molecule has 2 N–H and O–H groups in total. The molecule has 0 aliphatic rings. The van der Waals surface area contributed by atoms with E-state index in [9.17, 15) is 9.18 Å². The van der Waals surface area contributed by atoms with Gasteiger partial charge in [0.05, 0.1) is 6.61 Å². The van der Waals surface area contributed by atoms with Gasteiger partial charge in [0.25, 0.3) is 0 Å². The normalized spacial score (nSPS) is 10.7. The van der Waals surface area contributed by atoms with Gasteiger partial charge in [-0.3, -0.25) is 4.79 Å². The standard InChI is InChI=1S/C20H20FN3O2S/c1-26-10-9-24(20(27)22-16-6-4-5-15(21)12-16)13-14-11-19(25)23-18-8-3-2-7-17(14)18/h2-8,11-12H,9-10,13H2,1H3,(H,22,27)(H,23,25). The number of hydrogen-bond acceptors (Lipinski definition) is 3. The van der Waals surface area contributed by atoms with Gasteiger partial charge in [-0.1, -0.05) is 24.3 Å². The van der Waals surface area contributed by atoms with Crippen LogP contribution in [0.3, 0.4) is 0 Å². The van der Waals surface area contributed by atoms with Crippen LogP contribution in [-0.4, -0.2) is 35.3 Å². The molecule has 3 aromatic rings. The molecular weight excluding hydrogens is 365 g/mol. The van der Waals surface area contributed by atoms with E-state index in [4.69, 9.17) is 17.0 Å². The molecule has 3 rings (SSSR count). The van der Waals surface area contributed by atoms with Crippen molar-refractivity contribution in [2.24, 2.45) is 0 Å². The average Bonchev–Trinajstić information content (AvgIpc) is 2.64. The Labute approximate surface area is 161 Å². The lowest BCUT2D eigenvalue weighted by molar-refractivity contribution is 0.175. The van der Waals surface area contributed by atoms with E-state index in [0.717, 1.165) is 16.5 Å². The first-order chi connectivity index (χ1) is 13.1. The predicted octanol–water partition coefficient (Wildman–Crippen LogP) is 3.51. The van der Waals surface area contributed by atoms with E-state index in [2.05, 4.69) is 10.3 Å². The summed E-state index contributed by atoms with van der Waals surface area (Å²) in [6.07, 6.45) is 0. The quantitative estimate of drug-likeness (QED) is 0.636. The van der Waals surface area contributed by atoms with Crippen molar-refractivity contribution in [3.8, 4) is 0 Å². The van der Waals surface area contributed by atoms with E-state index in [-0.39, 0.29) is 11.4 Å². The molecule has 7 heteroatoms. The highest BCUT2D eigenvalue weighted by molar-refractivity contribution is 7.80. The van der Waals surface area contributed by atoms with Crippen LogP contribution in [-0.2, 0) is 11.3 Å². The molecule has 0 spiro atoms. The fourth-order valence-corrected chi connectivity index (χ4v) is 3.11. The fourth-order valence-electron chi connectivity index (χ4n) is 2.84. The molecule has 2 aromatic carbocycles. The number of thiocarbonyl (C=S) groups is 1. The van der Waals surface area contributed by atoms with Gasteiger partial charge in [0.1, 0.15) is 5.82 Å². The van der Waals surface area contributed by atoms with E-state index in [1.54, 1.807) is 25.3 Å². The molecule has 5 nitrogen and oxygen atoms in total. The van der Waals surface area contributed by atoms with Gasteiger partial charge in [-0.25, -0.2) is 4.39 Å². The van der Waals surface area contributed by atoms with Crippen LogP contribution < -0.4 is 10.9 Å². The average molecular weight is 385 g/mol. The second-order valence-corrected chi connectivity index (χ2v) is 6.45. The minimum absolute atomic E-state index is 0.167. The van der Waals surface area contributed by atoms with Crippen molar-refractivity contribution in [3.63, 3.8) is 0 Å². The number of nitrogens with zero attached hydrogens (tertiary/aromatic N) is 1. The van der Waals surface area contributed by atoms with E-state index >= 15 is 0 Å². The highest BCUT2D eigenvalue weighted by Gasteiger charge is 2.13. The highest BCUT2D eigenvalue weighted by Crippen LogP contribution is 2.18. The molecule has 27 heavy (non-hydrogen) atoms. The van der Waals surface area contributed by atoms with Gasteiger partial charge in [-0.15, -0.1) is 0 Å². The summed E-state index contributed by atoms with van der Waals surface area (Å²) in [4.78, 5) is 16.7. The smallest absolute Gasteiger partial charge is 0.248 e. The lowest BCUT2D eigenvalue weighted by atomic mass is 10.1. The number of aromatic amines is 1. The van der Waals surface area contributed by atoms with E-state index in [1.165, 1.54) is 12.1 Å². The van der Waals surface area contributed by atoms with E-state index in [0.29, 0.717) is 30.5 Å². The van der Waals surface area contributed by atoms with Gasteiger partial charge in [0.2, 0.25) is 5.56 Å². The molecule has 0 amide bonds. The largest absolute Gasteiger partial charge is 0.383 e. The molecular formula is C20H20FN3O2S. The molecule has 0 fully saturated rings. The first kappa shape index (κ1) is 19.0. The summed E-state index contributed by atoms with van der Waals surface area (Å²) < 4.78 is 18.6. The highest BCUT2D eigenvalue weighted by atomic mass is 32.1. The van der Waals surface area contributed by atoms with Crippen LogP contribution in [0.4, 0.5) is 10.1 Å². The van der Waals surface area contributed by atoms with Crippen molar-refractivity contribution in [1.29, 1.82) is 0 Å². The minimum Gasteiger partial charge on any atom is -0.383 e. The molecule has 0 unspecified atom stereocenters. The van der Waals surface area contributed by atoms with Gasteiger partial charge < -0.3 is 19.9 Å². The number of aromatic nitrogens is 1. The van der Waals surface area contributed by atoms with Crippen molar-refractivity contribution in [2.75, 3.05) is 25.6 Å². The lowest BCUT2D eigenvalue weighted by Gasteiger charge is -2.26. The zero-order valence-corrected chi connectivity index (χ0v) is 15.7. The number of halogens is 1. The molecule has 0 bridgehead atoms. The van der Waals surface area contributed by atoms with Crippen LogP contribution in [0.15, 0.2) is 59.4 Å². The van der Waals surface area contributed by atoms with Crippen molar-refractivity contribution in [2.45, 2.75) is 6.54 Å². The number of para-hydroxylation sites is 1. The Bertz CT molecular complexity index is 1010. The third-order valence-electron chi connectivity index (χ3n) is 4.13. The summed E-state index contributed by atoms with van der Waals surface area (Å²) in [6, 6.07) is 15.3. The number of benzene rings is 2. The maximum Gasteiger partial charge on any atom is 0.248 e. The molecule has 0 aliphatic heterocycles. The summed E-state index contributed by atoms with van der Waals surface area (Å²) in [5.41, 5.74) is 2.03. The van der Waals surface area contributed by atoms with Crippen LogP contribution in [0.25, 0.3) is 10.9 Å². The molecule has 0 atom stereocenters. The van der Waals surface area contributed by atoms with Crippen LogP contribution in [0, 0.1) is 5.82 Å². The summed E-state index contributed by atoms with van der Waals surface area (Å²) >= 11 is 5.52. The van der Waals surface area contributed by atoms with Crippen molar-refractivity contribution in [1.82, 2.24) is 9.88 Å². The van der Waals surface area contributed by atoms with E-state index in [1.807, 2.05) is 29.2 Å². The molecule has 0 aliphatic carbocycles. The summed E-state index contributed by atoms with van der Waals surface area (Å²) in [5.74, 6) is -0.341. The number of ether oxygens (including phenoxy) is 1. The zero-order chi connectivity index (χ0) is 19.2. The Hall–Kier alpha value is -2.77. The molecule has 0 saturated heterocycles. The molecule has 1 heterocycles. The van der Waals surface area contributed by atoms with E-state index < -0.39 is 0 Å². The van der Waals surface area contributed by atoms with Crippen LogP contribution in [0.2, 0.25) is 0 Å². The lowest BCUT2D eigenvalue weighted by Crippen LogP contribution is -2.37. The number of rotatable bonds is 6. The monoisotopic (exact) mass is 385 g/mol. The zero-order valence-electron chi connectivity index (χ0n) is 14.9. The van der Waals surface area contributed by atoms with Crippen LogP contribution >= 0.6 is 12.2 Å². The number of fused-ring (bicyclic) bond motifs is 1. The molecule has 1 aromatic heterocycles. The first-order valence-corrected chi connectivity index (χ1v) is 8.89. The summed E-state index contributed by atoms with van der Waals surface area (Å²) in [5, 5.41) is 4.43. The Morgan fingerprint density at radius 2 is 2.04 bits per heavy atom. The number of H-pyrrole nitrogens is 1. The van der Waals surface area contributed by atoms with Gasteiger partial charge in [0, 0.05) is 42.9 Å². The maximum absolute atomic E-state index is 13.4. The number of anilines is 1. The summed E-state index contributed by atoms with van der Waals surface area (Å²) in [7, 11) is 1.61. The number of methoxy groups -OCH3 is 1. The Morgan fingerprint density at radius 1 is 1.22 bits per heavy atom. The Balaban J connectivity index is 1.87. The minimum atomic E-state index is -0.341. The molecule has 140 valence electrons. The fraction of sp³-hybridized carbons (Fsp3) is 0.200. The Morgan fingerprint density at radius 3 is 2.81 bits per heavy atom. The second kappa shape index (κ2) is 8.75. The van der Waals surface area contributed by atoms with Gasteiger partial charge in [0.15, 0.2) is 5.11 Å². The second-order valence-electron chi connectivity index (χ2n) is 6.06. The van der Waals surface area contributed by atoms with Crippen molar-refractivity contribution >= 4 is 33.9 Å². The Kier molecular flexibility index (Phi) is 6.16. The maximum atomic E-state index is 13.4. The van der Waals surface area contributed by atoms with Gasteiger partial charge in [-0.2, -0.15) is 0 Å². The number of pyridine rings is 1. The van der Waals surface area contributed by atoms with Gasteiger partial charge in [-0.05, 0) is 42.0 Å². The van der Waals surface area contributed by atoms with Crippen LogP contribution in [0.1, 0.15) is 5.56 Å². The predicted molar refractivity (Wildman–Crippen MR) is 109 cm³/mol. The molecule has 0 saturated carbocycles. The van der Waals surface area contributed by atoms with Crippen molar-refractivity contribution in [3.05, 3.63) is 76.3 Å². The number of hydrogen-bond donors (Lipinski definition) is 2. The first-order valence-electron chi connectivity index (χ1n) is 8.48. The third kappa shape index (κ3) is 4.90. The molecule has 0 radical (unpaired) electrons. The summed E-state index contributed by atoms with van der Waals surface area (Å²) in [6.45, 7) is 1.42. The third-order valence-corrected chi connectivity index (χ3v) is 4.49. The number of nitrogens with one attached hydrogen (secondary N) is 2. The van der Waals surface area contributed by atoms with Crippen LogP contribution in [0.5, 0.6) is 0 Å². The topological polar surface area (TPSA) is 57.4 Å². The SMILES string of the molecule is COCCN(Cc1cc(=O)[nH]c2ccccc12)C(=S)Nc1cccc(F)c1.